The van der Waals surface area contributed by atoms with Crippen LogP contribution in [0.5, 0.6) is 0 Å². The number of benzene rings is 2. The zero-order valence-electron chi connectivity index (χ0n) is 13.9. The molecule has 0 bridgehead atoms. The monoisotopic (exact) mass is 362 g/mol. The minimum absolute atomic E-state index is 0.250. The van der Waals surface area contributed by atoms with Gasteiger partial charge in [-0.15, -0.1) is 0 Å². The van der Waals surface area contributed by atoms with Gasteiger partial charge in [0.25, 0.3) is 0 Å². The number of alkyl halides is 3. The summed E-state index contributed by atoms with van der Waals surface area (Å²) in [5.41, 5.74) is 2.99. The second-order valence-corrected chi connectivity index (χ2v) is 5.61. The molecule has 0 aliphatic heterocycles. The fraction of sp³-hybridized carbons (Fsp3) is 0.158. The Labute approximate surface area is 148 Å². The molecule has 2 aromatic rings. The number of anilines is 1. The van der Waals surface area contributed by atoms with Crippen molar-refractivity contribution in [2.75, 3.05) is 5.32 Å². The first-order valence-corrected chi connectivity index (χ1v) is 7.74. The van der Waals surface area contributed by atoms with Crippen LogP contribution in [-0.4, -0.2) is 18.0 Å². The number of carbonyl (C=O) groups excluding carboxylic acids is 2. The summed E-state index contributed by atoms with van der Waals surface area (Å²) < 4.78 is 36.3. The largest absolute Gasteiger partial charge is 0.471 e. The summed E-state index contributed by atoms with van der Waals surface area (Å²) >= 11 is 0. The van der Waals surface area contributed by atoms with Crippen LogP contribution >= 0.6 is 0 Å². The summed E-state index contributed by atoms with van der Waals surface area (Å²) in [6, 6.07) is 13.8. The lowest BCUT2D eigenvalue weighted by atomic mass is 10.1. The summed E-state index contributed by atoms with van der Waals surface area (Å²) in [4.78, 5) is 22.6. The van der Waals surface area contributed by atoms with Gasteiger partial charge in [0.05, 0.1) is 0 Å². The third-order valence-corrected chi connectivity index (χ3v) is 3.44. The van der Waals surface area contributed by atoms with Gasteiger partial charge in [-0.25, -0.2) is 0 Å². The van der Waals surface area contributed by atoms with Crippen LogP contribution in [0.4, 0.5) is 18.9 Å². The zero-order valence-corrected chi connectivity index (χ0v) is 13.9. The van der Waals surface area contributed by atoms with E-state index in [0.717, 1.165) is 11.1 Å². The number of nitrogens with one attached hydrogen (secondary N) is 2. The molecule has 7 heteroatoms. The first-order valence-electron chi connectivity index (χ1n) is 7.74. The van der Waals surface area contributed by atoms with Gasteiger partial charge in [-0.1, -0.05) is 42.0 Å². The molecule has 0 radical (unpaired) electrons. The predicted molar refractivity (Wildman–Crippen MR) is 93.2 cm³/mol. The summed E-state index contributed by atoms with van der Waals surface area (Å²) in [7, 11) is 0. The fourth-order valence-corrected chi connectivity index (χ4v) is 2.02. The van der Waals surface area contributed by atoms with Crippen LogP contribution in [0.3, 0.4) is 0 Å². The first kappa shape index (κ1) is 19.2. The number of halogens is 3. The molecule has 0 aliphatic carbocycles. The molecule has 2 N–H and O–H groups in total. The summed E-state index contributed by atoms with van der Waals surface area (Å²) in [6.45, 7) is 1.72. The lowest BCUT2D eigenvalue weighted by molar-refractivity contribution is -0.173. The van der Waals surface area contributed by atoms with Crippen molar-refractivity contribution in [3.05, 3.63) is 71.3 Å². The minimum atomic E-state index is -4.91. The van der Waals surface area contributed by atoms with E-state index in [1.54, 1.807) is 23.5 Å². The lowest BCUT2D eigenvalue weighted by Crippen LogP contribution is -2.36. The van der Waals surface area contributed by atoms with Crippen LogP contribution in [0, 0.1) is 6.92 Å². The molecule has 0 saturated heterocycles. The van der Waals surface area contributed by atoms with Crippen LogP contribution in [0.25, 0.3) is 6.08 Å². The van der Waals surface area contributed by atoms with Gasteiger partial charge >= 0.3 is 12.1 Å². The van der Waals surface area contributed by atoms with Crippen LogP contribution < -0.4 is 10.6 Å². The van der Waals surface area contributed by atoms with Crippen LogP contribution in [0.2, 0.25) is 0 Å². The van der Waals surface area contributed by atoms with Gasteiger partial charge in [0.15, 0.2) is 0 Å². The van der Waals surface area contributed by atoms with Gasteiger partial charge in [0.2, 0.25) is 5.91 Å². The van der Waals surface area contributed by atoms with Crippen molar-refractivity contribution in [3.63, 3.8) is 0 Å². The van der Waals surface area contributed by atoms with Crippen molar-refractivity contribution in [2.45, 2.75) is 19.6 Å². The molecular weight excluding hydrogens is 345 g/mol. The smallest absolute Gasteiger partial charge is 0.344 e. The molecule has 0 aromatic heterocycles. The molecule has 0 fully saturated rings. The lowest BCUT2D eigenvalue weighted by Gasteiger charge is -2.08. The van der Waals surface area contributed by atoms with Gasteiger partial charge in [-0.05, 0) is 36.3 Å². The molecule has 0 spiro atoms. The molecule has 0 heterocycles. The Hall–Kier alpha value is -3.09. The Bertz CT molecular complexity index is 795. The van der Waals surface area contributed by atoms with Crippen LogP contribution in [0.15, 0.2) is 54.6 Å². The van der Waals surface area contributed by atoms with E-state index >= 15 is 0 Å². The van der Waals surface area contributed by atoms with E-state index in [0.29, 0.717) is 11.3 Å². The average molecular weight is 362 g/mol. The normalized spacial score (nSPS) is 11.4. The Kier molecular flexibility index (Phi) is 6.16. The van der Waals surface area contributed by atoms with E-state index in [1.807, 2.05) is 31.2 Å². The highest BCUT2D eigenvalue weighted by atomic mass is 19.4. The van der Waals surface area contributed by atoms with Crippen LogP contribution in [0.1, 0.15) is 16.7 Å². The maximum Gasteiger partial charge on any atom is 0.471 e. The molecule has 2 aromatic carbocycles. The van der Waals surface area contributed by atoms with Gasteiger partial charge in [-0.3, -0.25) is 9.59 Å². The predicted octanol–water partition coefficient (Wildman–Crippen LogP) is 3.83. The number of carbonyl (C=O) groups is 2. The highest BCUT2D eigenvalue weighted by molar-refractivity contribution is 6.01. The maximum atomic E-state index is 12.1. The van der Waals surface area contributed by atoms with Crippen molar-refractivity contribution in [1.82, 2.24) is 5.32 Å². The van der Waals surface area contributed by atoms with Gasteiger partial charge in [0, 0.05) is 18.3 Å². The van der Waals surface area contributed by atoms with E-state index < -0.39 is 12.1 Å². The molecule has 26 heavy (non-hydrogen) atoms. The zero-order chi connectivity index (χ0) is 19.2. The van der Waals surface area contributed by atoms with Crippen molar-refractivity contribution in [3.8, 4) is 0 Å². The van der Waals surface area contributed by atoms with Gasteiger partial charge in [-0.2, -0.15) is 13.2 Å². The highest BCUT2D eigenvalue weighted by Gasteiger charge is 2.38. The molecular formula is C19H17F3N2O2. The average Bonchev–Trinajstić information content (AvgIpc) is 2.59. The standard InChI is InChI=1S/C19H17F3N2O2/c1-13-2-4-14(5-3-13)8-11-17(25)24-16-9-6-15(7-10-16)12-23-18(26)19(20,21)22/h2-11H,12H2,1H3,(H,23,26)(H,24,25)/b11-8+. The number of rotatable bonds is 5. The summed E-state index contributed by atoms with van der Waals surface area (Å²) in [5.74, 6) is -2.32. The molecule has 136 valence electrons. The molecule has 0 saturated carbocycles. The van der Waals surface area contributed by atoms with E-state index in [2.05, 4.69) is 5.32 Å². The van der Waals surface area contributed by atoms with Crippen molar-refractivity contribution >= 4 is 23.6 Å². The number of hydrogen-bond acceptors (Lipinski definition) is 2. The molecule has 0 atom stereocenters. The van der Waals surface area contributed by atoms with Crippen LogP contribution in [-0.2, 0) is 16.1 Å². The van der Waals surface area contributed by atoms with Crippen molar-refractivity contribution in [2.24, 2.45) is 0 Å². The first-order chi connectivity index (χ1) is 12.2. The van der Waals surface area contributed by atoms with E-state index in [4.69, 9.17) is 0 Å². The maximum absolute atomic E-state index is 12.1. The quantitative estimate of drug-likeness (QED) is 0.795. The topological polar surface area (TPSA) is 58.2 Å². The SMILES string of the molecule is Cc1ccc(/C=C/C(=O)Nc2ccc(CNC(=O)C(F)(F)F)cc2)cc1. The Morgan fingerprint density at radius 2 is 1.62 bits per heavy atom. The molecule has 2 rings (SSSR count). The summed E-state index contributed by atoms with van der Waals surface area (Å²) in [5, 5.41) is 4.43. The third-order valence-electron chi connectivity index (χ3n) is 3.44. The Balaban J connectivity index is 1.87. The van der Waals surface area contributed by atoms with E-state index in [-0.39, 0.29) is 12.5 Å². The van der Waals surface area contributed by atoms with E-state index in [1.165, 1.54) is 18.2 Å². The molecule has 2 amide bonds. The number of hydrogen-bond donors (Lipinski definition) is 2. The second-order valence-electron chi connectivity index (χ2n) is 5.61. The highest BCUT2D eigenvalue weighted by Crippen LogP contribution is 2.15. The number of aryl methyl sites for hydroxylation is 1. The van der Waals surface area contributed by atoms with Gasteiger partial charge in [0.1, 0.15) is 0 Å². The minimum Gasteiger partial charge on any atom is -0.344 e. The molecule has 4 nitrogen and oxygen atoms in total. The van der Waals surface area contributed by atoms with E-state index in [9.17, 15) is 22.8 Å². The third kappa shape index (κ3) is 6.08. The molecule has 0 unspecified atom stereocenters. The van der Waals surface area contributed by atoms with Crippen molar-refractivity contribution in [1.29, 1.82) is 0 Å². The Morgan fingerprint density at radius 3 is 2.19 bits per heavy atom. The number of amides is 2. The Morgan fingerprint density at radius 1 is 1.00 bits per heavy atom. The summed E-state index contributed by atoms with van der Waals surface area (Å²) in [6.07, 6.45) is -1.84. The molecule has 0 aliphatic rings. The van der Waals surface area contributed by atoms with Gasteiger partial charge < -0.3 is 10.6 Å². The fourth-order valence-electron chi connectivity index (χ4n) is 2.02. The van der Waals surface area contributed by atoms with Crippen molar-refractivity contribution < 1.29 is 22.8 Å². The second kappa shape index (κ2) is 8.33.